The molecule has 0 spiro atoms. The molecule has 1 aliphatic heterocycles. The number of rotatable bonds is 3. The Bertz CT molecular complexity index is 689. The molecule has 1 aromatic heterocycles. The van der Waals surface area contributed by atoms with Gasteiger partial charge in [0, 0.05) is 16.9 Å². The maximum atomic E-state index is 13.2. The second kappa shape index (κ2) is 8.06. The predicted octanol–water partition coefficient (Wildman–Crippen LogP) is 3.96. The Balaban J connectivity index is 0.00000192. The standard InChI is InChI=1S/C15H15ClFN3OS.ClH/c16-11-7-10(1-2-12(11)17)13-8-22-15(19-13)20-14(21)9-3-5-18-6-4-9;/h1-2,7-9,18H,3-6H2,(H,19,20,21);1H. The number of piperidine rings is 1. The number of amides is 1. The number of nitrogens with zero attached hydrogens (tertiary/aromatic N) is 1. The van der Waals surface area contributed by atoms with Gasteiger partial charge in [0.05, 0.1) is 10.7 Å². The first-order valence-electron chi connectivity index (χ1n) is 7.06. The van der Waals surface area contributed by atoms with Crippen LogP contribution in [0.3, 0.4) is 0 Å². The summed E-state index contributed by atoms with van der Waals surface area (Å²) >= 11 is 7.13. The molecule has 2 heterocycles. The number of aromatic nitrogens is 1. The van der Waals surface area contributed by atoms with E-state index in [0.29, 0.717) is 10.8 Å². The molecule has 4 nitrogen and oxygen atoms in total. The molecule has 1 fully saturated rings. The zero-order chi connectivity index (χ0) is 15.5. The van der Waals surface area contributed by atoms with Crippen molar-refractivity contribution in [2.45, 2.75) is 12.8 Å². The Morgan fingerprint density at radius 1 is 1.39 bits per heavy atom. The number of benzene rings is 1. The van der Waals surface area contributed by atoms with Crippen LogP contribution in [0.5, 0.6) is 0 Å². The molecule has 1 aromatic carbocycles. The summed E-state index contributed by atoms with van der Waals surface area (Å²) in [5.74, 6) is -0.409. The molecule has 0 saturated carbocycles. The van der Waals surface area contributed by atoms with Crippen molar-refractivity contribution in [3.8, 4) is 11.3 Å². The average Bonchev–Trinajstić information content (AvgIpc) is 2.99. The zero-order valence-corrected chi connectivity index (χ0v) is 14.5. The van der Waals surface area contributed by atoms with Gasteiger partial charge in [-0.1, -0.05) is 11.6 Å². The largest absolute Gasteiger partial charge is 0.317 e. The van der Waals surface area contributed by atoms with E-state index in [1.54, 1.807) is 6.07 Å². The molecule has 0 radical (unpaired) electrons. The lowest BCUT2D eigenvalue weighted by atomic mass is 9.97. The average molecular weight is 376 g/mol. The second-order valence-corrected chi connectivity index (χ2v) is 6.45. The minimum absolute atomic E-state index is 0. The molecular formula is C15H16Cl2FN3OS. The van der Waals surface area contributed by atoms with Gasteiger partial charge in [0.1, 0.15) is 5.82 Å². The Morgan fingerprint density at radius 3 is 2.83 bits per heavy atom. The number of carbonyl (C=O) groups excluding carboxylic acids is 1. The highest BCUT2D eigenvalue weighted by Crippen LogP contribution is 2.28. The van der Waals surface area contributed by atoms with Crippen molar-refractivity contribution in [2.24, 2.45) is 5.92 Å². The molecule has 0 aliphatic carbocycles. The SMILES string of the molecule is Cl.O=C(Nc1nc(-c2ccc(F)c(Cl)c2)cs1)C1CCNCC1. The quantitative estimate of drug-likeness (QED) is 0.853. The van der Waals surface area contributed by atoms with Gasteiger partial charge in [-0.2, -0.15) is 0 Å². The Morgan fingerprint density at radius 2 is 2.13 bits per heavy atom. The van der Waals surface area contributed by atoms with Gasteiger partial charge in [-0.25, -0.2) is 9.37 Å². The third-order valence-electron chi connectivity index (χ3n) is 3.66. The number of anilines is 1. The molecule has 2 aromatic rings. The van der Waals surface area contributed by atoms with Gasteiger partial charge < -0.3 is 10.6 Å². The van der Waals surface area contributed by atoms with Crippen LogP contribution in [0.25, 0.3) is 11.3 Å². The fourth-order valence-electron chi connectivity index (χ4n) is 2.41. The maximum Gasteiger partial charge on any atom is 0.229 e. The first-order chi connectivity index (χ1) is 10.6. The van der Waals surface area contributed by atoms with E-state index < -0.39 is 5.82 Å². The van der Waals surface area contributed by atoms with Crippen LogP contribution in [0.2, 0.25) is 5.02 Å². The molecule has 1 amide bonds. The zero-order valence-electron chi connectivity index (χ0n) is 12.1. The first kappa shape index (κ1) is 18.1. The summed E-state index contributed by atoms with van der Waals surface area (Å²) in [6.07, 6.45) is 1.69. The number of halogens is 3. The lowest BCUT2D eigenvalue weighted by Gasteiger charge is -2.20. The highest BCUT2D eigenvalue weighted by molar-refractivity contribution is 7.14. The molecule has 0 unspecified atom stereocenters. The van der Waals surface area contributed by atoms with Gasteiger partial charge in [-0.3, -0.25) is 4.79 Å². The molecule has 124 valence electrons. The van der Waals surface area contributed by atoms with Crippen LogP contribution in [0.15, 0.2) is 23.6 Å². The van der Waals surface area contributed by atoms with Gasteiger partial charge in [0.25, 0.3) is 0 Å². The summed E-state index contributed by atoms with van der Waals surface area (Å²) < 4.78 is 13.2. The van der Waals surface area contributed by atoms with Gasteiger partial charge in [0.15, 0.2) is 5.13 Å². The molecular weight excluding hydrogens is 360 g/mol. The van der Waals surface area contributed by atoms with Crippen LogP contribution >= 0.6 is 35.3 Å². The van der Waals surface area contributed by atoms with Crippen molar-refractivity contribution in [2.75, 3.05) is 18.4 Å². The summed E-state index contributed by atoms with van der Waals surface area (Å²) in [5.41, 5.74) is 1.40. The molecule has 0 bridgehead atoms. The summed E-state index contributed by atoms with van der Waals surface area (Å²) in [5, 5.41) is 8.53. The van der Waals surface area contributed by atoms with Crippen molar-refractivity contribution in [3.63, 3.8) is 0 Å². The van der Waals surface area contributed by atoms with E-state index in [0.717, 1.165) is 31.5 Å². The fourth-order valence-corrected chi connectivity index (χ4v) is 3.31. The summed E-state index contributed by atoms with van der Waals surface area (Å²) in [6.45, 7) is 1.74. The van der Waals surface area contributed by atoms with Gasteiger partial charge in [-0.05, 0) is 44.1 Å². The van der Waals surface area contributed by atoms with Crippen molar-refractivity contribution >= 4 is 46.4 Å². The molecule has 8 heteroatoms. The molecule has 23 heavy (non-hydrogen) atoms. The van der Waals surface area contributed by atoms with Crippen LogP contribution in [-0.4, -0.2) is 24.0 Å². The van der Waals surface area contributed by atoms with E-state index in [4.69, 9.17) is 11.6 Å². The molecule has 2 N–H and O–H groups in total. The van der Waals surface area contributed by atoms with Gasteiger partial charge >= 0.3 is 0 Å². The van der Waals surface area contributed by atoms with E-state index in [9.17, 15) is 9.18 Å². The third kappa shape index (κ3) is 4.41. The number of carbonyl (C=O) groups is 1. The van der Waals surface area contributed by atoms with Gasteiger partial charge in [0.2, 0.25) is 5.91 Å². The van der Waals surface area contributed by atoms with Crippen molar-refractivity contribution in [1.29, 1.82) is 0 Å². The molecule has 0 atom stereocenters. The lowest BCUT2D eigenvalue weighted by Crippen LogP contribution is -2.34. The fraction of sp³-hybridized carbons (Fsp3) is 0.333. The highest BCUT2D eigenvalue weighted by Gasteiger charge is 2.21. The van der Waals surface area contributed by atoms with Crippen LogP contribution in [0, 0.1) is 11.7 Å². The minimum Gasteiger partial charge on any atom is -0.317 e. The lowest BCUT2D eigenvalue weighted by molar-refractivity contribution is -0.120. The summed E-state index contributed by atoms with van der Waals surface area (Å²) in [4.78, 5) is 16.5. The molecule has 1 aliphatic rings. The monoisotopic (exact) mass is 375 g/mol. The topological polar surface area (TPSA) is 54.0 Å². The Kier molecular flexibility index (Phi) is 6.35. The third-order valence-corrected chi connectivity index (χ3v) is 4.71. The second-order valence-electron chi connectivity index (χ2n) is 5.18. The Labute approximate surface area is 148 Å². The van der Waals surface area contributed by atoms with Crippen LogP contribution in [0.4, 0.5) is 9.52 Å². The van der Waals surface area contributed by atoms with E-state index in [1.165, 1.54) is 23.5 Å². The number of thiazole rings is 1. The van der Waals surface area contributed by atoms with Crippen LogP contribution < -0.4 is 10.6 Å². The van der Waals surface area contributed by atoms with Crippen molar-refractivity contribution in [1.82, 2.24) is 10.3 Å². The van der Waals surface area contributed by atoms with E-state index in [-0.39, 0.29) is 29.3 Å². The summed E-state index contributed by atoms with van der Waals surface area (Å²) in [6, 6.07) is 4.46. The Hall–Kier alpha value is -1.21. The minimum atomic E-state index is -0.458. The van der Waals surface area contributed by atoms with E-state index in [1.807, 2.05) is 5.38 Å². The van der Waals surface area contributed by atoms with E-state index in [2.05, 4.69) is 15.6 Å². The normalized spacial score (nSPS) is 15.0. The predicted molar refractivity (Wildman–Crippen MR) is 94.0 cm³/mol. The highest BCUT2D eigenvalue weighted by atomic mass is 35.5. The molecule has 3 rings (SSSR count). The first-order valence-corrected chi connectivity index (χ1v) is 8.32. The number of hydrogen-bond donors (Lipinski definition) is 2. The van der Waals surface area contributed by atoms with Crippen LogP contribution in [-0.2, 0) is 4.79 Å². The van der Waals surface area contributed by atoms with Crippen molar-refractivity contribution < 1.29 is 9.18 Å². The van der Waals surface area contributed by atoms with Crippen molar-refractivity contribution in [3.05, 3.63) is 34.4 Å². The maximum absolute atomic E-state index is 13.2. The van der Waals surface area contributed by atoms with Gasteiger partial charge in [-0.15, -0.1) is 23.7 Å². The smallest absolute Gasteiger partial charge is 0.229 e. The number of hydrogen-bond acceptors (Lipinski definition) is 4. The number of nitrogens with one attached hydrogen (secondary N) is 2. The summed E-state index contributed by atoms with van der Waals surface area (Å²) in [7, 11) is 0. The van der Waals surface area contributed by atoms with Crippen LogP contribution in [0.1, 0.15) is 12.8 Å². The molecule has 1 saturated heterocycles. The van der Waals surface area contributed by atoms with E-state index >= 15 is 0 Å².